The molecule has 0 aliphatic carbocycles. The van der Waals surface area contributed by atoms with Crippen molar-refractivity contribution in [2.75, 3.05) is 0 Å². The van der Waals surface area contributed by atoms with Gasteiger partial charge in [-0.1, -0.05) is 6.07 Å². The number of thiophene rings is 1. The van der Waals surface area contributed by atoms with E-state index in [4.69, 9.17) is 0 Å². The Labute approximate surface area is 93.2 Å². The molecule has 0 bridgehead atoms. The molecule has 0 saturated heterocycles. The molecule has 0 fully saturated rings. The van der Waals surface area contributed by atoms with Gasteiger partial charge in [-0.05, 0) is 42.0 Å². The first-order valence-corrected chi connectivity index (χ1v) is 5.84. The van der Waals surface area contributed by atoms with Gasteiger partial charge < -0.3 is 5.11 Å². The summed E-state index contributed by atoms with van der Waals surface area (Å²) < 4.78 is 0. The number of rotatable bonds is 4. The van der Waals surface area contributed by atoms with Crippen LogP contribution in [0.2, 0.25) is 0 Å². The molecule has 0 aromatic carbocycles. The molecule has 0 radical (unpaired) electrons. The maximum Gasteiger partial charge on any atom is 0.0885 e. The highest BCUT2D eigenvalue weighted by Crippen LogP contribution is 2.22. The second-order valence-electron chi connectivity index (χ2n) is 3.43. The number of pyridine rings is 1. The third-order valence-corrected chi connectivity index (χ3v) is 3.30. The smallest absolute Gasteiger partial charge is 0.0885 e. The van der Waals surface area contributed by atoms with Gasteiger partial charge in [0.15, 0.2) is 0 Å². The summed E-state index contributed by atoms with van der Waals surface area (Å²) in [5.74, 6) is 0. The maximum absolute atomic E-state index is 9.87. The fourth-order valence-corrected chi connectivity index (χ4v) is 2.22. The second-order valence-corrected chi connectivity index (χ2v) is 4.40. The van der Waals surface area contributed by atoms with Gasteiger partial charge in [-0.15, -0.1) is 11.3 Å². The first kappa shape index (κ1) is 10.3. The lowest BCUT2D eigenvalue weighted by molar-refractivity contribution is 0.171. The van der Waals surface area contributed by atoms with Gasteiger partial charge in [0, 0.05) is 17.3 Å². The summed E-state index contributed by atoms with van der Waals surface area (Å²) in [6, 6.07) is 7.92. The summed E-state index contributed by atoms with van der Waals surface area (Å²) in [5, 5.41) is 11.9. The Morgan fingerprint density at radius 1 is 1.27 bits per heavy atom. The number of hydrogen-bond donors (Lipinski definition) is 1. The minimum absolute atomic E-state index is 0.335. The Hall–Kier alpha value is -1.19. The molecule has 2 aromatic heterocycles. The molecule has 0 saturated carbocycles. The Balaban J connectivity index is 1.89. The van der Waals surface area contributed by atoms with E-state index in [0.29, 0.717) is 0 Å². The maximum atomic E-state index is 9.87. The molecule has 2 aromatic rings. The fourth-order valence-electron chi connectivity index (χ4n) is 1.48. The van der Waals surface area contributed by atoms with Crippen LogP contribution in [0.15, 0.2) is 42.0 Å². The third kappa shape index (κ3) is 2.88. The molecule has 0 amide bonds. The molecule has 3 heteroatoms. The van der Waals surface area contributed by atoms with Gasteiger partial charge in [0.2, 0.25) is 0 Å². The molecule has 1 unspecified atom stereocenters. The SMILES string of the molecule is OC(CCc1ccncc1)c1cccs1. The zero-order valence-electron chi connectivity index (χ0n) is 8.34. The first-order valence-electron chi connectivity index (χ1n) is 4.96. The highest BCUT2D eigenvalue weighted by molar-refractivity contribution is 7.10. The summed E-state index contributed by atoms with van der Waals surface area (Å²) in [6.45, 7) is 0. The Kier molecular flexibility index (Phi) is 3.48. The summed E-state index contributed by atoms with van der Waals surface area (Å²) in [7, 11) is 0. The van der Waals surface area contributed by atoms with E-state index < -0.39 is 0 Å². The van der Waals surface area contributed by atoms with Crippen LogP contribution in [0.4, 0.5) is 0 Å². The van der Waals surface area contributed by atoms with Gasteiger partial charge in [-0.25, -0.2) is 0 Å². The molecule has 2 heterocycles. The fraction of sp³-hybridized carbons (Fsp3) is 0.250. The van der Waals surface area contributed by atoms with Crippen LogP contribution in [0.1, 0.15) is 23.0 Å². The van der Waals surface area contributed by atoms with E-state index in [1.165, 1.54) is 5.56 Å². The Bertz CT molecular complexity index is 385. The topological polar surface area (TPSA) is 33.1 Å². The minimum Gasteiger partial charge on any atom is -0.388 e. The quantitative estimate of drug-likeness (QED) is 0.857. The first-order chi connectivity index (χ1) is 7.36. The second kappa shape index (κ2) is 5.05. The van der Waals surface area contributed by atoms with Gasteiger partial charge in [-0.2, -0.15) is 0 Å². The molecule has 2 nitrogen and oxygen atoms in total. The molecule has 1 N–H and O–H groups in total. The number of nitrogens with zero attached hydrogens (tertiary/aromatic N) is 1. The molecule has 0 spiro atoms. The summed E-state index contributed by atoms with van der Waals surface area (Å²) in [4.78, 5) is 5.01. The molecule has 0 aliphatic rings. The Morgan fingerprint density at radius 2 is 2.07 bits per heavy atom. The predicted octanol–water partition coefficient (Wildman–Crippen LogP) is 2.81. The van der Waals surface area contributed by atoms with Crippen LogP contribution in [0, 0.1) is 0 Å². The third-order valence-electron chi connectivity index (χ3n) is 2.33. The van der Waals surface area contributed by atoms with Gasteiger partial charge in [0.05, 0.1) is 6.10 Å². The summed E-state index contributed by atoms with van der Waals surface area (Å²) >= 11 is 1.60. The van der Waals surface area contributed by atoms with Crippen molar-refractivity contribution in [2.45, 2.75) is 18.9 Å². The van der Waals surface area contributed by atoms with Crippen LogP contribution >= 0.6 is 11.3 Å². The number of aliphatic hydroxyl groups is 1. The van der Waals surface area contributed by atoms with Crippen LogP contribution < -0.4 is 0 Å². The van der Waals surface area contributed by atoms with Crippen molar-refractivity contribution in [2.24, 2.45) is 0 Å². The van der Waals surface area contributed by atoms with Gasteiger partial charge >= 0.3 is 0 Å². The van der Waals surface area contributed by atoms with E-state index in [2.05, 4.69) is 4.98 Å². The van der Waals surface area contributed by atoms with E-state index in [-0.39, 0.29) is 6.10 Å². The van der Waals surface area contributed by atoms with E-state index in [0.717, 1.165) is 17.7 Å². The van der Waals surface area contributed by atoms with Crippen molar-refractivity contribution in [3.05, 3.63) is 52.5 Å². The van der Waals surface area contributed by atoms with Gasteiger partial charge in [0.1, 0.15) is 0 Å². The van der Waals surface area contributed by atoms with Crippen LogP contribution in [0.5, 0.6) is 0 Å². The highest BCUT2D eigenvalue weighted by Gasteiger charge is 2.07. The number of aliphatic hydroxyl groups excluding tert-OH is 1. The average Bonchev–Trinajstić information content (AvgIpc) is 2.81. The van der Waals surface area contributed by atoms with E-state index in [1.54, 1.807) is 23.7 Å². The van der Waals surface area contributed by atoms with Crippen molar-refractivity contribution >= 4 is 11.3 Å². The lowest BCUT2D eigenvalue weighted by atomic mass is 10.1. The molecule has 1 atom stereocenters. The molecular weight excluding hydrogens is 206 g/mol. The predicted molar refractivity (Wildman–Crippen MR) is 61.8 cm³/mol. The van der Waals surface area contributed by atoms with E-state index in [9.17, 15) is 5.11 Å². The van der Waals surface area contributed by atoms with Crippen LogP contribution in [0.3, 0.4) is 0 Å². The van der Waals surface area contributed by atoms with Crippen molar-refractivity contribution in [3.63, 3.8) is 0 Å². The number of aromatic nitrogens is 1. The summed E-state index contributed by atoms with van der Waals surface area (Å²) in [5.41, 5.74) is 1.22. The zero-order chi connectivity index (χ0) is 10.5. The van der Waals surface area contributed by atoms with Crippen LogP contribution in [-0.4, -0.2) is 10.1 Å². The standard InChI is InChI=1S/C12H13NOS/c14-11(12-2-1-9-15-12)4-3-10-5-7-13-8-6-10/h1-2,5-9,11,14H,3-4H2. The highest BCUT2D eigenvalue weighted by atomic mass is 32.1. The van der Waals surface area contributed by atoms with Crippen molar-refractivity contribution in [1.82, 2.24) is 4.98 Å². The van der Waals surface area contributed by atoms with Crippen molar-refractivity contribution in [1.29, 1.82) is 0 Å². The van der Waals surface area contributed by atoms with Crippen molar-refractivity contribution < 1.29 is 5.11 Å². The molecular formula is C12H13NOS. The largest absolute Gasteiger partial charge is 0.388 e. The zero-order valence-corrected chi connectivity index (χ0v) is 9.15. The lowest BCUT2D eigenvalue weighted by Crippen LogP contribution is -1.97. The molecule has 15 heavy (non-hydrogen) atoms. The molecule has 78 valence electrons. The van der Waals surface area contributed by atoms with Gasteiger partial charge in [0.25, 0.3) is 0 Å². The van der Waals surface area contributed by atoms with Crippen LogP contribution in [-0.2, 0) is 6.42 Å². The Morgan fingerprint density at radius 3 is 2.73 bits per heavy atom. The van der Waals surface area contributed by atoms with Gasteiger partial charge in [-0.3, -0.25) is 4.98 Å². The summed E-state index contributed by atoms with van der Waals surface area (Å²) in [6.07, 6.45) is 4.89. The number of aryl methyl sites for hydroxylation is 1. The molecule has 2 rings (SSSR count). The lowest BCUT2D eigenvalue weighted by Gasteiger charge is -2.07. The van der Waals surface area contributed by atoms with Crippen LogP contribution in [0.25, 0.3) is 0 Å². The normalized spacial score (nSPS) is 12.6. The number of hydrogen-bond acceptors (Lipinski definition) is 3. The monoisotopic (exact) mass is 219 g/mol. The van der Waals surface area contributed by atoms with E-state index in [1.807, 2.05) is 29.6 Å². The minimum atomic E-state index is -0.335. The van der Waals surface area contributed by atoms with E-state index >= 15 is 0 Å². The average molecular weight is 219 g/mol. The molecule has 0 aliphatic heterocycles. The van der Waals surface area contributed by atoms with Crippen molar-refractivity contribution in [3.8, 4) is 0 Å².